The van der Waals surface area contributed by atoms with Gasteiger partial charge < -0.3 is 4.90 Å². The number of hydrogen-bond donors (Lipinski definition) is 0. The van der Waals surface area contributed by atoms with E-state index in [0.29, 0.717) is 32.1 Å². The lowest BCUT2D eigenvalue weighted by molar-refractivity contribution is -0.132. The molecule has 27 heavy (non-hydrogen) atoms. The predicted octanol–water partition coefficient (Wildman–Crippen LogP) is 1.78. The fourth-order valence-corrected chi connectivity index (χ4v) is 5.38. The molecule has 0 saturated carbocycles. The molecule has 7 heteroatoms. The summed E-state index contributed by atoms with van der Waals surface area (Å²) in [4.78, 5) is 16.8. The molecule has 1 aromatic carbocycles. The van der Waals surface area contributed by atoms with Gasteiger partial charge >= 0.3 is 0 Å². The zero-order valence-corrected chi connectivity index (χ0v) is 17.2. The topological polar surface area (TPSA) is 60.9 Å². The van der Waals surface area contributed by atoms with E-state index in [-0.39, 0.29) is 17.7 Å². The molecule has 1 aromatic rings. The third kappa shape index (κ3) is 5.09. The van der Waals surface area contributed by atoms with Crippen LogP contribution in [0.2, 0.25) is 0 Å². The van der Waals surface area contributed by atoms with Crippen molar-refractivity contribution >= 4 is 15.9 Å². The molecule has 1 atom stereocenters. The second kappa shape index (κ2) is 8.71. The van der Waals surface area contributed by atoms with Gasteiger partial charge in [-0.25, -0.2) is 8.42 Å². The Kier molecular flexibility index (Phi) is 6.55. The molecule has 0 spiro atoms. The van der Waals surface area contributed by atoms with Gasteiger partial charge in [0.05, 0.1) is 11.8 Å². The molecule has 6 nitrogen and oxygen atoms in total. The van der Waals surface area contributed by atoms with Crippen LogP contribution in [-0.4, -0.2) is 73.7 Å². The van der Waals surface area contributed by atoms with Gasteiger partial charge in [-0.15, -0.1) is 0 Å². The van der Waals surface area contributed by atoms with Crippen molar-refractivity contribution < 1.29 is 13.2 Å². The monoisotopic (exact) mass is 393 g/mol. The maximum absolute atomic E-state index is 12.7. The molecular weight excluding hydrogens is 362 g/mol. The van der Waals surface area contributed by atoms with Crippen LogP contribution in [0, 0.1) is 5.92 Å². The fourth-order valence-electron chi connectivity index (χ4n) is 3.87. The highest BCUT2D eigenvalue weighted by Gasteiger charge is 2.38. The SMILES string of the molecule is CC(C)CCN1CCC(N2CCN(S(=O)(=O)Cc3ccccc3)CC2)C1=O. The van der Waals surface area contributed by atoms with Gasteiger partial charge in [0.15, 0.2) is 0 Å². The molecule has 150 valence electrons. The van der Waals surface area contributed by atoms with Crippen LogP contribution in [0.25, 0.3) is 0 Å². The number of carbonyl (C=O) groups excluding carboxylic acids is 1. The average Bonchev–Trinajstić information content (AvgIpc) is 3.01. The van der Waals surface area contributed by atoms with Crippen LogP contribution < -0.4 is 0 Å². The Morgan fingerprint density at radius 1 is 1.04 bits per heavy atom. The normalized spacial score (nSPS) is 22.7. The summed E-state index contributed by atoms with van der Waals surface area (Å²) >= 11 is 0. The second-order valence-electron chi connectivity index (χ2n) is 7.99. The van der Waals surface area contributed by atoms with Crippen LogP contribution in [0.15, 0.2) is 30.3 Å². The fraction of sp³-hybridized carbons (Fsp3) is 0.650. The number of piperazine rings is 1. The Hall–Kier alpha value is -1.44. The van der Waals surface area contributed by atoms with Crippen molar-refractivity contribution in [3.8, 4) is 0 Å². The third-order valence-electron chi connectivity index (χ3n) is 5.54. The van der Waals surface area contributed by atoms with Crippen molar-refractivity contribution in [3.63, 3.8) is 0 Å². The summed E-state index contributed by atoms with van der Waals surface area (Å²) < 4.78 is 26.9. The predicted molar refractivity (Wildman–Crippen MR) is 107 cm³/mol. The first-order valence-corrected chi connectivity index (χ1v) is 11.5. The average molecular weight is 394 g/mol. The third-order valence-corrected chi connectivity index (χ3v) is 7.39. The number of amides is 1. The van der Waals surface area contributed by atoms with Gasteiger partial charge in [0.2, 0.25) is 15.9 Å². The minimum absolute atomic E-state index is 0.0409. The van der Waals surface area contributed by atoms with Crippen molar-refractivity contribution in [3.05, 3.63) is 35.9 Å². The van der Waals surface area contributed by atoms with E-state index in [1.54, 1.807) is 4.31 Å². The minimum atomic E-state index is -3.31. The molecule has 2 aliphatic rings. The molecule has 1 amide bonds. The lowest BCUT2D eigenvalue weighted by atomic mass is 10.1. The Labute approximate surface area is 163 Å². The Bertz CT molecular complexity index is 728. The van der Waals surface area contributed by atoms with Gasteiger partial charge in [-0.05, 0) is 24.3 Å². The molecule has 2 heterocycles. The van der Waals surface area contributed by atoms with Crippen LogP contribution in [-0.2, 0) is 20.6 Å². The number of rotatable bonds is 7. The molecule has 0 aliphatic carbocycles. The number of hydrogen-bond acceptors (Lipinski definition) is 4. The first-order valence-electron chi connectivity index (χ1n) is 9.91. The van der Waals surface area contributed by atoms with Gasteiger partial charge in [0.25, 0.3) is 0 Å². The Morgan fingerprint density at radius 2 is 1.70 bits per heavy atom. The van der Waals surface area contributed by atoms with Crippen LogP contribution in [0.3, 0.4) is 0 Å². The summed E-state index contributed by atoms with van der Waals surface area (Å²) in [5.74, 6) is 0.852. The standard InChI is InChI=1S/C20H31N3O3S/c1-17(2)8-10-22-11-9-19(20(22)24)21-12-14-23(15-13-21)27(25,26)16-18-6-4-3-5-7-18/h3-7,17,19H,8-16H2,1-2H3. The molecule has 0 N–H and O–H groups in total. The minimum Gasteiger partial charge on any atom is -0.341 e. The Balaban J connectivity index is 1.52. The van der Waals surface area contributed by atoms with E-state index in [0.717, 1.165) is 31.5 Å². The smallest absolute Gasteiger partial charge is 0.239 e. The molecule has 0 bridgehead atoms. The van der Waals surface area contributed by atoms with E-state index >= 15 is 0 Å². The first kappa shape index (κ1) is 20.3. The summed E-state index contributed by atoms with van der Waals surface area (Å²) in [6.45, 7) is 8.18. The molecule has 1 unspecified atom stereocenters. The van der Waals surface area contributed by atoms with E-state index in [4.69, 9.17) is 0 Å². The number of nitrogens with zero attached hydrogens (tertiary/aromatic N) is 3. The summed E-state index contributed by atoms with van der Waals surface area (Å²) in [6.07, 6.45) is 1.89. The largest absolute Gasteiger partial charge is 0.341 e. The maximum atomic E-state index is 12.7. The summed E-state index contributed by atoms with van der Waals surface area (Å²) in [5, 5.41) is 0. The molecule has 2 aliphatic heterocycles. The molecule has 3 rings (SSSR count). The van der Waals surface area contributed by atoms with Crippen LogP contribution >= 0.6 is 0 Å². The van der Waals surface area contributed by atoms with Crippen LogP contribution in [0.1, 0.15) is 32.3 Å². The van der Waals surface area contributed by atoms with Gasteiger partial charge in [0.1, 0.15) is 0 Å². The zero-order valence-electron chi connectivity index (χ0n) is 16.4. The highest BCUT2D eigenvalue weighted by molar-refractivity contribution is 7.88. The number of carbonyl (C=O) groups is 1. The van der Waals surface area contributed by atoms with Crippen molar-refractivity contribution in [1.29, 1.82) is 0 Å². The highest BCUT2D eigenvalue weighted by Crippen LogP contribution is 2.21. The van der Waals surface area contributed by atoms with Gasteiger partial charge in [-0.1, -0.05) is 44.2 Å². The summed E-state index contributed by atoms with van der Waals surface area (Å²) in [7, 11) is -3.31. The lowest BCUT2D eigenvalue weighted by Crippen LogP contribution is -2.53. The molecule has 2 fully saturated rings. The van der Waals surface area contributed by atoms with Crippen LogP contribution in [0.5, 0.6) is 0 Å². The van der Waals surface area contributed by atoms with E-state index in [2.05, 4.69) is 18.7 Å². The number of likely N-dealkylation sites (tertiary alicyclic amines) is 1. The summed E-state index contributed by atoms with van der Waals surface area (Å²) in [6, 6.07) is 9.22. The van der Waals surface area contributed by atoms with Crippen LogP contribution in [0.4, 0.5) is 0 Å². The van der Waals surface area contributed by atoms with Crippen molar-refractivity contribution in [2.24, 2.45) is 5.92 Å². The molecule has 0 radical (unpaired) electrons. The number of benzene rings is 1. The van der Waals surface area contributed by atoms with E-state index < -0.39 is 10.0 Å². The van der Waals surface area contributed by atoms with Gasteiger partial charge in [-0.2, -0.15) is 4.31 Å². The van der Waals surface area contributed by atoms with Crippen molar-refractivity contribution in [1.82, 2.24) is 14.1 Å². The molecule has 2 saturated heterocycles. The zero-order chi connectivity index (χ0) is 19.4. The quantitative estimate of drug-likeness (QED) is 0.709. The first-order chi connectivity index (χ1) is 12.9. The summed E-state index contributed by atoms with van der Waals surface area (Å²) in [5.41, 5.74) is 0.812. The lowest BCUT2D eigenvalue weighted by Gasteiger charge is -2.36. The van der Waals surface area contributed by atoms with E-state index in [1.807, 2.05) is 35.2 Å². The van der Waals surface area contributed by atoms with Crippen molar-refractivity contribution in [2.75, 3.05) is 39.3 Å². The maximum Gasteiger partial charge on any atom is 0.239 e. The van der Waals surface area contributed by atoms with Crippen molar-refractivity contribution in [2.45, 2.75) is 38.5 Å². The van der Waals surface area contributed by atoms with Gasteiger partial charge in [-0.3, -0.25) is 9.69 Å². The van der Waals surface area contributed by atoms with E-state index in [9.17, 15) is 13.2 Å². The van der Waals surface area contributed by atoms with E-state index in [1.165, 1.54) is 0 Å². The molecular formula is C20H31N3O3S. The highest BCUT2D eigenvalue weighted by atomic mass is 32.2. The van der Waals surface area contributed by atoms with Gasteiger partial charge in [0, 0.05) is 39.3 Å². The second-order valence-corrected chi connectivity index (χ2v) is 9.96. The number of sulfonamides is 1. The Morgan fingerprint density at radius 3 is 2.33 bits per heavy atom. The molecule has 0 aromatic heterocycles.